The first-order valence-corrected chi connectivity index (χ1v) is 10.4. The van der Waals surface area contributed by atoms with E-state index in [2.05, 4.69) is 27.6 Å². The van der Waals surface area contributed by atoms with Gasteiger partial charge in [-0.1, -0.05) is 54.6 Å². The average molecular weight is 457 g/mol. The Morgan fingerprint density at radius 2 is 1.38 bits per heavy atom. The largest absolute Gasteiger partial charge is 0.484 e. The van der Waals surface area contributed by atoms with Crippen LogP contribution in [0, 0.1) is 11.3 Å². The molecule has 0 heterocycles. The maximum atomic E-state index is 11.9. The lowest BCUT2D eigenvalue weighted by Gasteiger charge is -2.10. The molecule has 4 N–H and O–H groups in total. The summed E-state index contributed by atoms with van der Waals surface area (Å²) in [6.07, 6.45) is 0. The van der Waals surface area contributed by atoms with Crippen LogP contribution in [0.2, 0.25) is 0 Å². The molecule has 34 heavy (non-hydrogen) atoms. The van der Waals surface area contributed by atoms with E-state index >= 15 is 0 Å². The lowest BCUT2D eigenvalue weighted by Crippen LogP contribution is -2.49. The van der Waals surface area contributed by atoms with Crippen molar-refractivity contribution in [3.63, 3.8) is 0 Å². The van der Waals surface area contributed by atoms with Crippen molar-refractivity contribution in [3.8, 4) is 22.9 Å². The van der Waals surface area contributed by atoms with Crippen molar-refractivity contribution in [1.82, 2.24) is 21.5 Å². The van der Waals surface area contributed by atoms with Gasteiger partial charge in [0.25, 0.3) is 11.8 Å². The van der Waals surface area contributed by atoms with Crippen molar-refractivity contribution in [1.29, 1.82) is 5.26 Å². The fraction of sp³-hybridized carbons (Fsp3) is 0.120. The van der Waals surface area contributed by atoms with Gasteiger partial charge in [0.15, 0.2) is 6.61 Å². The second-order valence-corrected chi connectivity index (χ2v) is 7.12. The fourth-order valence-electron chi connectivity index (χ4n) is 2.85. The molecule has 0 unspecified atom stereocenters. The van der Waals surface area contributed by atoms with Crippen molar-refractivity contribution < 1.29 is 19.1 Å². The standard InChI is InChI=1S/C25H23N5O4/c26-14-18-6-8-20(9-7-18)21-10-12-22(13-11-21)34-17-24(32)30-29-23(31)16-28-25(33)27-15-19-4-2-1-3-5-19/h1-13H,15-17H2,(H,29,31)(H,30,32)(H2,27,28,33). The molecule has 0 bridgehead atoms. The summed E-state index contributed by atoms with van der Waals surface area (Å²) in [4.78, 5) is 35.4. The Morgan fingerprint density at radius 1 is 0.765 bits per heavy atom. The van der Waals surface area contributed by atoms with E-state index in [9.17, 15) is 14.4 Å². The highest BCUT2D eigenvalue weighted by Gasteiger charge is 2.08. The Hall–Kier alpha value is -4.84. The SMILES string of the molecule is N#Cc1ccc(-c2ccc(OCC(=O)NNC(=O)CNC(=O)NCc3ccccc3)cc2)cc1. The van der Waals surface area contributed by atoms with Gasteiger partial charge >= 0.3 is 6.03 Å². The van der Waals surface area contributed by atoms with E-state index in [0.717, 1.165) is 16.7 Å². The molecule has 0 radical (unpaired) electrons. The molecule has 0 saturated carbocycles. The number of hydrazine groups is 1. The molecule has 9 nitrogen and oxygen atoms in total. The van der Waals surface area contributed by atoms with Gasteiger partial charge in [-0.15, -0.1) is 0 Å². The lowest BCUT2D eigenvalue weighted by molar-refractivity contribution is -0.129. The second-order valence-electron chi connectivity index (χ2n) is 7.12. The molecule has 0 saturated heterocycles. The molecule has 0 aromatic heterocycles. The zero-order valence-corrected chi connectivity index (χ0v) is 18.2. The van der Waals surface area contributed by atoms with Crippen molar-refractivity contribution in [2.24, 2.45) is 0 Å². The molecule has 3 rings (SSSR count). The summed E-state index contributed by atoms with van der Waals surface area (Å²) in [5.74, 6) is -0.663. The molecule has 0 aliphatic heterocycles. The minimum absolute atomic E-state index is 0.304. The van der Waals surface area contributed by atoms with Gasteiger partial charge in [-0.05, 0) is 41.0 Å². The Labute approximate surface area is 196 Å². The van der Waals surface area contributed by atoms with Crippen LogP contribution in [0.25, 0.3) is 11.1 Å². The zero-order chi connectivity index (χ0) is 24.2. The minimum atomic E-state index is -0.588. The summed E-state index contributed by atoms with van der Waals surface area (Å²) in [7, 11) is 0. The zero-order valence-electron chi connectivity index (χ0n) is 18.2. The number of carbonyl (C=O) groups excluding carboxylic acids is 3. The average Bonchev–Trinajstić information content (AvgIpc) is 2.89. The smallest absolute Gasteiger partial charge is 0.315 e. The molecule has 3 aromatic rings. The van der Waals surface area contributed by atoms with Gasteiger partial charge in [0, 0.05) is 6.54 Å². The third-order valence-corrected chi connectivity index (χ3v) is 4.62. The molecule has 0 aliphatic rings. The second kappa shape index (κ2) is 12.3. The minimum Gasteiger partial charge on any atom is -0.484 e. The van der Waals surface area contributed by atoms with E-state index in [1.54, 1.807) is 24.3 Å². The van der Waals surface area contributed by atoms with E-state index in [1.807, 2.05) is 54.6 Å². The summed E-state index contributed by atoms with van der Waals surface area (Å²) in [5.41, 5.74) is 7.83. The predicted molar refractivity (Wildman–Crippen MR) is 125 cm³/mol. The van der Waals surface area contributed by atoms with E-state index in [0.29, 0.717) is 17.9 Å². The van der Waals surface area contributed by atoms with Crippen LogP contribution < -0.4 is 26.2 Å². The van der Waals surface area contributed by atoms with Crippen LogP contribution in [0.15, 0.2) is 78.9 Å². The third-order valence-electron chi connectivity index (χ3n) is 4.62. The first kappa shape index (κ1) is 23.8. The Morgan fingerprint density at radius 3 is 2.03 bits per heavy atom. The van der Waals surface area contributed by atoms with Gasteiger partial charge in [0.05, 0.1) is 11.6 Å². The lowest BCUT2D eigenvalue weighted by atomic mass is 10.0. The predicted octanol–water partition coefficient (Wildman–Crippen LogP) is 2.25. The van der Waals surface area contributed by atoms with E-state index < -0.39 is 17.8 Å². The molecule has 0 fully saturated rings. The van der Waals surface area contributed by atoms with Gasteiger partial charge in [-0.2, -0.15) is 5.26 Å². The Kier molecular flexibility index (Phi) is 8.59. The summed E-state index contributed by atoms with van der Waals surface area (Å²) < 4.78 is 5.41. The first-order chi connectivity index (χ1) is 16.5. The fourth-order valence-corrected chi connectivity index (χ4v) is 2.85. The number of carbonyl (C=O) groups is 3. The molecular weight excluding hydrogens is 434 g/mol. The number of ether oxygens (including phenoxy) is 1. The maximum absolute atomic E-state index is 11.9. The molecular formula is C25H23N5O4. The van der Waals surface area contributed by atoms with Crippen LogP contribution in [0.4, 0.5) is 4.79 Å². The summed E-state index contributed by atoms with van der Waals surface area (Å²) in [5, 5.41) is 13.9. The number of nitriles is 1. The van der Waals surface area contributed by atoms with Crippen LogP contribution in [-0.4, -0.2) is 31.0 Å². The van der Waals surface area contributed by atoms with Crippen LogP contribution in [-0.2, 0) is 16.1 Å². The number of benzene rings is 3. The van der Waals surface area contributed by atoms with Gasteiger partial charge in [0.1, 0.15) is 12.3 Å². The van der Waals surface area contributed by atoms with Crippen LogP contribution in [0.1, 0.15) is 11.1 Å². The number of hydrogen-bond donors (Lipinski definition) is 4. The Bertz CT molecular complexity index is 1160. The molecule has 172 valence electrons. The van der Waals surface area contributed by atoms with Crippen LogP contribution >= 0.6 is 0 Å². The monoisotopic (exact) mass is 457 g/mol. The van der Waals surface area contributed by atoms with E-state index in [4.69, 9.17) is 10.00 Å². The van der Waals surface area contributed by atoms with E-state index in [1.165, 1.54) is 0 Å². The summed E-state index contributed by atoms with van der Waals surface area (Å²) >= 11 is 0. The van der Waals surface area contributed by atoms with Crippen molar-refractivity contribution >= 4 is 17.8 Å². The number of hydrogen-bond acceptors (Lipinski definition) is 5. The first-order valence-electron chi connectivity index (χ1n) is 10.4. The molecule has 3 aromatic carbocycles. The van der Waals surface area contributed by atoms with Crippen molar-refractivity contribution in [2.75, 3.05) is 13.2 Å². The highest BCUT2D eigenvalue weighted by atomic mass is 16.5. The third kappa shape index (κ3) is 7.69. The maximum Gasteiger partial charge on any atom is 0.315 e. The quantitative estimate of drug-likeness (QED) is 0.385. The van der Waals surface area contributed by atoms with Crippen molar-refractivity contribution in [3.05, 3.63) is 90.0 Å². The number of amides is 4. The number of rotatable bonds is 8. The highest BCUT2D eigenvalue weighted by molar-refractivity contribution is 5.86. The molecule has 0 aliphatic carbocycles. The normalized spacial score (nSPS) is 9.85. The van der Waals surface area contributed by atoms with Gasteiger partial charge in [-0.25, -0.2) is 4.79 Å². The molecule has 0 atom stereocenters. The number of nitrogens with zero attached hydrogens (tertiary/aromatic N) is 1. The molecule has 9 heteroatoms. The topological polar surface area (TPSA) is 132 Å². The van der Waals surface area contributed by atoms with E-state index in [-0.39, 0.29) is 13.2 Å². The van der Waals surface area contributed by atoms with Crippen LogP contribution in [0.5, 0.6) is 5.75 Å². The van der Waals surface area contributed by atoms with Gasteiger partial charge in [0.2, 0.25) is 0 Å². The Balaban J connectivity index is 1.32. The van der Waals surface area contributed by atoms with Gasteiger partial charge < -0.3 is 15.4 Å². The van der Waals surface area contributed by atoms with Crippen LogP contribution in [0.3, 0.4) is 0 Å². The highest BCUT2D eigenvalue weighted by Crippen LogP contribution is 2.22. The summed E-state index contributed by atoms with van der Waals surface area (Å²) in [6, 6.07) is 25.2. The van der Waals surface area contributed by atoms with Crippen molar-refractivity contribution in [2.45, 2.75) is 6.54 Å². The van der Waals surface area contributed by atoms with Gasteiger partial charge in [-0.3, -0.25) is 20.4 Å². The number of urea groups is 1. The molecule has 0 spiro atoms. The summed E-state index contributed by atoms with van der Waals surface area (Å²) in [6.45, 7) is -0.281. The number of nitrogens with one attached hydrogen (secondary N) is 4. The molecule has 4 amide bonds.